The van der Waals surface area contributed by atoms with E-state index in [1.54, 1.807) is 4.52 Å². The fourth-order valence-electron chi connectivity index (χ4n) is 2.19. The van der Waals surface area contributed by atoms with E-state index in [1.807, 2.05) is 18.3 Å². The van der Waals surface area contributed by atoms with Crippen molar-refractivity contribution < 1.29 is 4.74 Å². The van der Waals surface area contributed by atoms with E-state index in [0.717, 1.165) is 36.1 Å². The van der Waals surface area contributed by atoms with Crippen LogP contribution < -0.4 is 5.32 Å². The standard InChI is InChI=1S/C12H15BrN4O/c1-12(5-3-7-18-12)8-14-11-15-10-9(13)4-2-6-17(10)16-11/h2,4,6H,3,5,7-8H2,1H3,(H,14,16). The maximum absolute atomic E-state index is 5.73. The van der Waals surface area contributed by atoms with Crippen LogP contribution in [0.4, 0.5) is 5.95 Å². The van der Waals surface area contributed by atoms with Crippen LogP contribution in [0, 0.1) is 0 Å². The van der Waals surface area contributed by atoms with E-state index in [-0.39, 0.29) is 5.60 Å². The van der Waals surface area contributed by atoms with E-state index in [1.165, 1.54) is 0 Å². The minimum Gasteiger partial charge on any atom is -0.373 e. The topological polar surface area (TPSA) is 51.5 Å². The molecule has 1 unspecified atom stereocenters. The lowest BCUT2D eigenvalue weighted by Gasteiger charge is -2.22. The van der Waals surface area contributed by atoms with Crippen molar-refractivity contribution in [2.24, 2.45) is 0 Å². The van der Waals surface area contributed by atoms with Crippen molar-refractivity contribution in [1.29, 1.82) is 0 Å². The number of fused-ring (bicyclic) bond motifs is 1. The minimum atomic E-state index is -0.0886. The average Bonchev–Trinajstić information content (AvgIpc) is 2.94. The van der Waals surface area contributed by atoms with Crippen LogP contribution >= 0.6 is 15.9 Å². The second-order valence-electron chi connectivity index (χ2n) is 4.82. The summed E-state index contributed by atoms with van der Waals surface area (Å²) >= 11 is 3.46. The van der Waals surface area contributed by atoms with E-state index >= 15 is 0 Å². The lowest BCUT2D eigenvalue weighted by atomic mass is 10.0. The summed E-state index contributed by atoms with van der Waals surface area (Å²) in [5.74, 6) is 0.638. The molecule has 5 nitrogen and oxygen atoms in total. The smallest absolute Gasteiger partial charge is 0.243 e. The van der Waals surface area contributed by atoms with Crippen molar-refractivity contribution in [3.05, 3.63) is 22.8 Å². The number of aromatic nitrogens is 3. The average molecular weight is 311 g/mol. The zero-order chi connectivity index (χ0) is 12.6. The molecule has 96 valence electrons. The molecule has 6 heteroatoms. The van der Waals surface area contributed by atoms with E-state index in [9.17, 15) is 0 Å². The summed E-state index contributed by atoms with van der Waals surface area (Å²) in [5.41, 5.74) is 0.729. The Morgan fingerprint density at radius 1 is 1.61 bits per heavy atom. The summed E-state index contributed by atoms with van der Waals surface area (Å²) < 4.78 is 8.42. The van der Waals surface area contributed by atoms with Crippen LogP contribution in [0.2, 0.25) is 0 Å². The Balaban J connectivity index is 1.77. The minimum absolute atomic E-state index is 0.0886. The van der Waals surface area contributed by atoms with Gasteiger partial charge in [0, 0.05) is 19.3 Å². The molecule has 2 aromatic rings. The monoisotopic (exact) mass is 310 g/mol. The molecule has 1 atom stereocenters. The Morgan fingerprint density at radius 3 is 3.22 bits per heavy atom. The summed E-state index contributed by atoms with van der Waals surface area (Å²) in [5, 5.41) is 7.63. The van der Waals surface area contributed by atoms with Gasteiger partial charge in [-0.25, -0.2) is 4.52 Å². The Hall–Kier alpha value is -1.14. The number of ether oxygens (including phenoxy) is 1. The molecule has 18 heavy (non-hydrogen) atoms. The van der Waals surface area contributed by atoms with Gasteiger partial charge in [-0.2, -0.15) is 4.98 Å². The van der Waals surface area contributed by atoms with E-state index in [2.05, 4.69) is 38.3 Å². The van der Waals surface area contributed by atoms with Gasteiger partial charge in [0.15, 0.2) is 5.65 Å². The van der Waals surface area contributed by atoms with Gasteiger partial charge in [0.1, 0.15) is 0 Å². The fourth-order valence-corrected chi connectivity index (χ4v) is 2.61. The van der Waals surface area contributed by atoms with Crippen molar-refractivity contribution in [2.75, 3.05) is 18.5 Å². The third kappa shape index (κ3) is 2.22. The fraction of sp³-hybridized carbons (Fsp3) is 0.500. The maximum atomic E-state index is 5.73. The van der Waals surface area contributed by atoms with Gasteiger partial charge in [-0.3, -0.25) is 0 Å². The summed E-state index contributed by atoms with van der Waals surface area (Å²) in [6.07, 6.45) is 4.09. The number of anilines is 1. The van der Waals surface area contributed by atoms with E-state index in [4.69, 9.17) is 4.74 Å². The van der Waals surface area contributed by atoms with Gasteiger partial charge in [-0.1, -0.05) is 0 Å². The molecule has 2 aromatic heterocycles. The lowest BCUT2D eigenvalue weighted by molar-refractivity contribution is 0.0314. The molecule has 1 aliphatic heterocycles. The van der Waals surface area contributed by atoms with Crippen LogP contribution in [0.25, 0.3) is 5.65 Å². The first kappa shape index (κ1) is 11.9. The predicted molar refractivity (Wildman–Crippen MR) is 72.8 cm³/mol. The van der Waals surface area contributed by atoms with Gasteiger partial charge in [0.25, 0.3) is 0 Å². The predicted octanol–water partition coefficient (Wildman–Crippen LogP) is 2.47. The lowest BCUT2D eigenvalue weighted by Crippen LogP contribution is -2.32. The molecule has 1 saturated heterocycles. The largest absolute Gasteiger partial charge is 0.373 e. The van der Waals surface area contributed by atoms with Crippen molar-refractivity contribution in [1.82, 2.24) is 14.6 Å². The molecule has 3 rings (SSSR count). The molecule has 0 bridgehead atoms. The number of nitrogens with zero attached hydrogens (tertiary/aromatic N) is 3. The molecule has 1 fully saturated rings. The molecular weight excluding hydrogens is 296 g/mol. The second kappa shape index (κ2) is 4.51. The van der Waals surface area contributed by atoms with E-state index in [0.29, 0.717) is 5.95 Å². The third-order valence-electron chi connectivity index (χ3n) is 3.24. The summed E-state index contributed by atoms with van der Waals surface area (Å²) in [4.78, 5) is 4.44. The molecule has 3 heterocycles. The molecule has 0 radical (unpaired) electrons. The Morgan fingerprint density at radius 2 is 2.50 bits per heavy atom. The summed E-state index contributed by atoms with van der Waals surface area (Å²) in [7, 11) is 0. The van der Waals surface area contributed by atoms with Crippen LogP contribution in [0.1, 0.15) is 19.8 Å². The molecule has 0 aliphatic carbocycles. The highest BCUT2D eigenvalue weighted by Gasteiger charge is 2.29. The summed E-state index contributed by atoms with van der Waals surface area (Å²) in [6, 6.07) is 3.88. The van der Waals surface area contributed by atoms with Gasteiger partial charge in [0.05, 0.1) is 10.1 Å². The molecule has 0 aromatic carbocycles. The number of nitrogens with one attached hydrogen (secondary N) is 1. The van der Waals surface area contributed by atoms with Crippen LogP contribution in [-0.2, 0) is 4.74 Å². The first-order valence-corrected chi connectivity index (χ1v) is 6.84. The first-order chi connectivity index (χ1) is 8.66. The van der Waals surface area contributed by atoms with Crippen LogP contribution in [0.15, 0.2) is 22.8 Å². The molecule has 1 N–H and O–H groups in total. The number of hydrogen-bond acceptors (Lipinski definition) is 4. The highest BCUT2D eigenvalue weighted by Crippen LogP contribution is 2.25. The van der Waals surface area contributed by atoms with Crippen molar-refractivity contribution >= 4 is 27.5 Å². The van der Waals surface area contributed by atoms with Gasteiger partial charge in [0.2, 0.25) is 5.95 Å². The Kier molecular flexibility index (Phi) is 2.99. The molecule has 1 aliphatic rings. The van der Waals surface area contributed by atoms with Gasteiger partial charge >= 0.3 is 0 Å². The molecule has 0 spiro atoms. The number of hydrogen-bond donors (Lipinski definition) is 1. The second-order valence-corrected chi connectivity index (χ2v) is 5.67. The highest BCUT2D eigenvalue weighted by atomic mass is 79.9. The SMILES string of the molecule is CC1(CNc2nc3c(Br)cccn3n2)CCCO1. The zero-order valence-corrected chi connectivity index (χ0v) is 11.8. The van der Waals surface area contributed by atoms with Crippen molar-refractivity contribution in [2.45, 2.75) is 25.4 Å². The van der Waals surface area contributed by atoms with Gasteiger partial charge < -0.3 is 10.1 Å². The van der Waals surface area contributed by atoms with Crippen molar-refractivity contribution in [3.63, 3.8) is 0 Å². The Labute approximate surface area is 114 Å². The molecule has 0 saturated carbocycles. The molecular formula is C12H15BrN4O. The summed E-state index contributed by atoms with van der Waals surface area (Å²) in [6.45, 7) is 3.71. The molecule has 0 amide bonds. The normalized spacial score (nSPS) is 23.7. The zero-order valence-electron chi connectivity index (χ0n) is 10.2. The van der Waals surface area contributed by atoms with Crippen LogP contribution in [-0.4, -0.2) is 33.4 Å². The van der Waals surface area contributed by atoms with Gasteiger partial charge in [-0.15, -0.1) is 5.10 Å². The van der Waals surface area contributed by atoms with Crippen LogP contribution in [0.5, 0.6) is 0 Å². The maximum Gasteiger partial charge on any atom is 0.243 e. The van der Waals surface area contributed by atoms with Gasteiger partial charge in [-0.05, 0) is 47.8 Å². The number of rotatable bonds is 3. The third-order valence-corrected chi connectivity index (χ3v) is 3.85. The number of halogens is 1. The number of pyridine rings is 1. The quantitative estimate of drug-likeness (QED) is 0.946. The van der Waals surface area contributed by atoms with Crippen molar-refractivity contribution in [3.8, 4) is 0 Å². The first-order valence-electron chi connectivity index (χ1n) is 6.05. The van der Waals surface area contributed by atoms with Crippen LogP contribution in [0.3, 0.4) is 0 Å². The van der Waals surface area contributed by atoms with E-state index < -0.39 is 0 Å². The Bertz CT molecular complexity index is 562. The highest BCUT2D eigenvalue weighted by molar-refractivity contribution is 9.10.